The van der Waals surface area contributed by atoms with Gasteiger partial charge in [-0.05, 0) is 19.9 Å². The maximum atomic E-state index is 13.3. The van der Waals surface area contributed by atoms with Gasteiger partial charge in [0.05, 0.1) is 23.2 Å². The number of carbonyl (C=O) groups excluding carboxylic acids is 1. The second kappa shape index (κ2) is 6.07. The highest BCUT2D eigenvalue weighted by molar-refractivity contribution is 7.91. The highest BCUT2D eigenvalue weighted by Gasteiger charge is 2.48. The molecule has 0 N–H and O–H groups in total. The van der Waals surface area contributed by atoms with Crippen LogP contribution in [-0.2, 0) is 9.84 Å². The lowest BCUT2D eigenvalue weighted by Gasteiger charge is -2.43. The molecule has 1 amide bonds. The predicted molar refractivity (Wildman–Crippen MR) is 96.9 cm³/mol. The van der Waals surface area contributed by atoms with Crippen molar-refractivity contribution in [3.63, 3.8) is 0 Å². The Hall–Kier alpha value is -1.45. The Labute approximate surface area is 151 Å². The second-order valence-electron chi connectivity index (χ2n) is 6.85. The van der Waals surface area contributed by atoms with Crippen molar-refractivity contribution in [3.05, 3.63) is 23.0 Å². The molecule has 0 radical (unpaired) electrons. The van der Waals surface area contributed by atoms with Gasteiger partial charge in [0.25, 0.3) is 5.91 Å². The fraction of sp³-hybridized carbons (Fsp3) is 0.625. The molecule has 2 saturated heterocycles. The molecule has 2 aliphatic rings. The van der Waals surface area contributed by atoms with Crippen molar-refractivity contribution in [2.45, 2.75) is 32.4 Å². The normalized spacial score (nSPS) is 26.2. The summed E-state index contributed by atoms with van der Waals surface area (Å²) in [6, 6.07) is -0.352. The number of aryl methyl sites for hydroxylation is 1. The SMILES string of the molecule is CCCN1CCN(C(=O)c2c(C)nc3sccn23)[C@H]2CS(=O)(=O)C[C@H]21. The minimum absolute atomic E-state index is 0.0637. The first-order valence-corrected chi connectivity index (χ1v) is 11.3. The number of rotatable bonds is 3. The van der Waals surface area contributed by atoms with Crippen molar-refractivity contribution in [2.24, 2.45) is 0 Å². The van der Waals surface area contributed by atoms with Crippen molar-refractivity contribution in [3.8, 4) is 0 Å². The van der Waals surface area contributed by atoms with Crippen LogP contribution in [-0.4, -0.2) is 76.7 Å². The van der Waals surface area contributed by atoms with Gasteiger partial charge < -0.3 is 4.90 Å². The molecule has 2 aromatic heterocycles. The molecule has 0 bridgehead atoms. The molecule has 0 aliphatic carbocycles. The van der Waals surface area contributed by atoms with Gasteiger partial charge in [0.15, 0.2) is 14.8 Å². The molecule has 7 nitrogen and oxygen atoms in total. The first-order valence-electron chi connectivity index (χ1n) is 8.59. The Morgan fingerprint density at radius 3 is 2.84 bits per heavy atom. The monoisotopic (exact) mass is 382 g/mol. The average molecular weight is 383 g/mol. The van der Waals surface area contributed by atoms with Crippen molar-refractivity contribution in [1.82, 2.24) is 19.2 Å². The Kier molecular flexibility index (Phi) is 4.12. The van der Waals surface area contributed by atoms with Gasteiger partial charge in [-0.15, -0.1) is 11.3 Å². The summed E-state index contributed by atoms with van der Waals surface area (Å²) >= 11 is 1.49. The van der Waals surface area contributed by atoms with Crippen LogP contribution in [0.4, 0.5) is 0 Å². The Morgan fingerprint density at radius 1 is 1.32 bits per heavy atom. The molecule has 0 saturated carbocycles. The number of carbonyl (C=O) groups is 1. The van der Waals surface area contributed by atoms with Gasteiger partial charge in [0.2, 0.25) is 0 Å². The molecule has 0 spiro atoms. The average Bonchev–Trinajstić information content (AvgIpc) is 3.18. The fourth-order valence-corrected chi connectivity index (χ4v) is 6.90. The molecule has 4 rings (SSSR count). The van der Waals surface area contributed by atoms with Crippen LogP contribution in [0.2, 0.25) is 0 Å². The van der Waals surface area contributed by atoms with Crippen LogP contribution in [0.25, 0.3) is 4.96 Å². The molecule has 2 aliphatic heterocycles. The number of amides is 1. The van der Waals surface area contributed by atoms with Crippen molar-refractivity contribution >= 4 is 32.0 Å². The largest absolute Gasteiger partial charge is 0.330 e. The van der Waals surface area contributed by atoms with Crippen LogP contribution in [0.15, 0.2) is 11.6 Å². The van der Waals surface area contributed by atoms with E-state index in [1.54, 1.807) is 4.90 Å². The standard InChI is InChI=1S/C16H22N4O3S2/c1-3-4-18-5-6-19(13-10-25(22,23)9-12(13)18)15(21)14-11(2)17-16-20(14)7-8-24-16/h7-8,12-13H,3-6,9-10H2,1-2H3/t12-,13+/m1/s1. The highest BCUT2D eigenvalue weighted by atomic mass is 32.2. The summed E-state index contributed by atoms with van der Waals surface area (Å²) < 4.78 is 26.3. The summed E-state index contributed by atoms with van der Waals surface area (Å²) in [7, 11) is -3.11. The molecule has 0 aromatic carbocycles. The number of nitrogens with zero attached hydrogens (tertiary/aromatic N) is 4. The third kappa shape index (κ3) is 2.78. The summed E-state index contributed by atoms with van der Waals surface area (Å²) in [4.78, 5) is 22.5. The molecule has 4 heterocycles. The number of sulfone groups is 1. The predicted octanol–water partition coefficient (Wildman–Crippen LogP) is 1.04. The van der Waals surface area contributed by atoms with E-state index >= 15 is 0 Å². The molecular formula is C16H22N4O3S2. The lowest BCUT2D eigenvalue weighted by atomic mass is 10.0. The topological polar surface area (TPSA) is 75.0 Å². The third-order valence-electron chi connectivity index (χ3n) is 5.20. The maximum absolute atomic E-state index is 13.3. The summed E-state index contributed by atoms with van der Waals surface area (Å²) in [5.74, 6) is 0.112. The summed E-state index contributed by atoms with van der Waals surface area (Å²) in [6.45, 7) is 6.09. The van der Waals surface area contributed by atoms with Gasteiger partial charge in [-0.1, -0.05) is 6.92 Å². The minimum atomic E-state index is -3.11. The zero-order valence-corrected chi connectivity index (χ0v) is 16.0. The first-order chi connectivity index (χ1) is 11.9. The van der Waals surface area contributed by atoms with Gasteiger partial charge in [-0.3, -0.25) is 14.1 Å². The zero-order chi connectivity index (χ0) is 17.8. The van der Waals surface area contributed by atoms with E-state index in [-0.39, 0.29) is 29.5 Å². The lowest BCUT2D eigenvalue weighted by molar-refractivity contribution is 0.0327. The van der Waals surface area contributed by atoms with Crippen LogP contribution in [0.3, 0.4) is 0 Å². The Morgan fingerprint density at radius 2 is 2.08 bits per heavy atom. The molecule has 136 valence electrons. The van der Waals surface area contributed by atoms with Crippen LogP contribution in [0.5, 0.6) is 0 Å². The van der Waals surface area contributed by atoms with E-state index < -0.39 is 9.84 Å². The van der Waals surface area contributed by atoms with Crippen LogP contribution in [0.1, 0.15) is 29.5 Å². The van der Waals surface area contributed by atoms with E-state index in [0.717, 1.165) is 24.5 Å². The van der Waals surface area contributed by atoms with Crippen LogP contribution < -0.4 is 0 Å². The van der Waals surface area contributed by atoms with Gasteiger partial charge in [0.1, 0.15) is 5.69 Å². The summed E-state index contributed by atoms with van der Waals surface area (Å²) in [5.41, 5.74) is 1.26. The van der Waals surface area contributed by atoms with Gasteiger partial charge in [-0.2, -0.15) is 0 Å². The molecule has 2 aromatic rings. The smallest absolute Gasteiger partial charge is 0.273 e. The Balaban J connectivity index is 1.69. The van der Waals surface area contributed by atoms with Gasteiger partial charge >= 0.3 is 0 Å². The molecule has 25 heavy (non-hydrogen) atoms. The summed E-state index contributed by atoms with van der Waals surface area (Å²) in [6.07, 6.45) is 2.83. The van der Waals surface area contributed by atoms with Crippen LogP contribution in [0, 0.1) is 6.92 Å². The number of hydrogen-bond donors (Lipinski definition) is 0. The number of thiazole rings is 1. The number of imidazole rings is 1. The van der Waals surface area contributed by atoms with Gasteiger partial charge in [0, 0.05) is 30.7 Å². The Bertz CT molecular complexity index is 917. The summed E-state index contributed by atoms with van der Waals surface area (Å²) in [5, 5.41) is 1.90. The molecule has 0 unspecified atom stereocenters. The van der Waals surface area contributed by atoms with E-state index in [1.165, 1.54) is 11.3 Å². The number of fused-ring (bicyclic) bond motifs is 2. The quantitative estimate of drug-likeness (QED) is 0.793. The van der Waals surface area contributed by atoms with E-state index in [9.17, 15) is 13.2 Å². The maximum Gasteiger partial charge on any atom is 0.273 e. The lowest BCUT2D eigenvalue weighted by Crippen LogP contribution is -2.60. The van der Waals surface area contributed by atoms with E-state index in [1.807, 2.05) is 22.9 Å². The van der Waals surface area contributed by atoms with Crippen molar-refractivity contribution in [1.29, 1.82) is 0 Å². The van der Waals surface area contributed by atoms with Gasteiger partial charge in [-0.25, -0.2) is 13.4 Å². The first kappa shape index (κ1) is 17.0. The zero-order valence-electron chi connectivity index (χ0n) is 14.4. The molecule has 2 atom stereocenters. The van der Waals surface area contributed by atoms with E-state index in [0.29, 0.717) is 17.9 Å². The van der Waals surface area contributed by atoms with Crippen LogP contribution >= 0.6 is 11.3 Å². The highest BCUT2D eigenvalue weighted by Crippen LogP contribution is 2.29. The minimum Gasteiger partial charge on any atom is -0.330 e. The second-order valence-corrected chi connectivity index (χ2v) is 9.87. The third-order valence-corrected chi connectivity index (χ3v) is 7.66. The fourth-order valence-electron chi connectivity index (χ4n) is 4.13. The van der Waals surface area contributed by atoms with E-state index in [2.05, 4.69) is 16.8 Å². The molecule has 2 fully saturated rings. The number of piperazine rings is 1. The number of aromatic nitrogens is 2. The molecule has 9 heteroatoms. The van der Waals surface area contributed by atoms with E-state index in [4.69, 9.17) is 0 Å². The number of hydrogen-bond acceptors (Lipinski definition) is 6. The van der Waals surface area contributed by atoms with Crippen molar-refractivity contribution < 1.29 is 13.2 Å². The van der Waals surface area contributed by atoms with Crippen molar-refractivity contribution in [2.75, 3.05) is 31.1 Å². The molecular weight excluding hydrogens is 360 g/mol.